The van der Waals surface area contributed by atoms with Crippen molar-refractivity contribution in [3.63, 3.8) is 0 Å². The average molecular weight is 333 g/mol. The Morgan fingerprint density at radius 3 is 2.30 bits per heavy atom. The van der Waals surface area contributed by atoms with E-state index in [1.807, 2.05) is 0 Å². The minimum Gasteiger partial charge on any atom is -0.392 e. The van der Waals surface area contributed by atoms with Gasteiger partial charge in [0.15, 0.2) is 6.29 Å². The van der Waals surface area contributed by atoms with E-state index in [1.165, 1.54) is 7.11 Å². The Morgan fingerprint density at radius 2 is 1.74 bits per heavy atom. The minimum atomic E-state index is -1.24. The number of hydrogen-bond acceptors (Lipinski definition) is 8. The highest BCUT2D eigenvalue weighted by Gasteiger charge is 2.45. The van der Waals surface area contributed by atoms with E-state index in [2.05, 4.69) is 5.32 Å². The van der Waals surface area contributed by atoms with E-state index < -0.39 is 48.9 Å². The number of aliphatic hydroxyl groups excluding tert-OH is 5. The fraction of sp³-hybridized carbons (Fsp3) is 0.867. The van der Waals surface area contributed by atoms with Crippen molar-refractivity contribution in [2.75, 3.05) is 13.7 Å². The largest absolute Gasteiger partial charge is 0.392 e. The maximum atomic E-state index is 10.3. The van der Waals surface area contributed by atoms with Crippen molar-refractivity contribution in [2.24, 2.45) is 5.92 Å². The molecule has 2 rings (SSSR count). The van der Waals surface area contributed by atoms with Gasteiger partial charge in [0.25, 0.3) is 0 Å². The van der Waals surface area contributed by atoms with Gasteiger partial charge in [-0.1, -0.05) is 13.0 Å². The van der Waals surface area contributed by atoms with Crippen LogP contribution in [0, 0.1) is 5.92 Å². The van der Waals surface area contributed by atoms with E-state index in [-0.39, 0.29) is 12.5 Å². The predicted molar refractivity (Wildman–Crippen MR) is 80.4 cm³/mol. The van der Waals surface area contributed by atoms with Gasteiger partial charge in [-0.25, -0.2) is 0 Å². The first kappa shape index (κ1) is 18.8. The summed E-state index contributed by atoms with van der Waals surface area (Å²) in [6, 6.07) is -1.35. The highest BCUT2D eigenvalue weighted by molar-refractivity contribution is 5.20. The summed E-state index contributed by atoms with van der Waals surface area (Å²) < 4.78 is 10.5. The third-order valence-corrected chi connectivity index (χ3v) is 4.86. The Morgan fingerprint density at radius 1 is 1.09 bits per heavy atom. The van der Waals surface area contributed by atoms with E-state index in [0.717, 1.165) is 0 Å². The molecule has 0 radical (unpaired) electrons. The van der Waals surface area contributed by atoms with Crippen LogP contribution in [0.25, 0.3) is 0 Å². The first-order chi connectivity index (χ1) is 10.8. The molecule has 8 nitrogen and oxygen atoms in total. The fourth-order valence-electron chi connectivity index (χ4n) is 3.23. The fourth-order valence-corrected chi connectivity index (χ4v) is 3.23. The van der Waals surface area contributed by atoms with Gasteiger partial charge in [0.2, 0.25) is 0 Å². The van der Waals surface area contributed by atoms with Crippen molar-refractivity contribution in [2.45, 2.75) is 62.7 Å². The zero-order valence-electron chi connectivity index (χ0n) is 13.5. The van der Waals surface area contributed by atoms with Crippen LogP contribution < -0.4 is 5.32 Å². The topological polar surface area (TPSA) is 132 Å². The molecule has 0 saturated carbocycles. The molecule has 0 aromatic rings. The van der Waals surface area contributed by atoms with E-state index >= 15 is 0 Å². The number of ether oxygens (including phenoxy) is 2. The van der Waals surface area contributed by atoms with Gasteiger partial charge in [0.05, 0.1) is 37.0 Å². The molecule has 0 bridgehead atoms. The molecule has 23 heavy (non-hydrogen) atoms. The molecule has 0 aromatic heterocycles. The molecule has 1 aliphatic carbocycles. The number of nitrogens with one attached hydrogen (secondary N) is 1. The molecule has 2 aliphatic rings. The summed E-state index contributed by atoms with van der Waals surface area (Å²) in [5.74, 6) is -0.360. The zero-order chi connectivity index (χ0) is 17.3. The second kappa shape index (κ2) is 7.54. The molecule has 9 atom stereocenters. The third-order valence-electron chi connectivity index (χ3n) is 4.86. The van der Waals surface area contributed by atoms with Crippen LogP contribution in [0.1, 0.15) is 13.8 Å². The first-order valence-electron chi connectivity index (χ1n) is 7.79. The summed E-state index contributed by atoms with van der Waals surface area (Å²) in [7, 11) is 1.37. The summed E-state index contributed by atoms with van der Waals surface area (Å²) in [4.78, 5) is 0. The summed E-state index contributed by atoms with van der Waals surface area (Å²) in [6.07, 6.45) is -4.31. The van der Waals surface area contributed by atoms with Crippen molar-refractivity contribution in [1.29, 1.82) is 0 Å². The average Bonchev–Trinajstić information content (AvgIpc) is 2.54. The lowest BCUT2D eigenvalue weighted by molar-refractivity contribution is -0.265. The second-order valence-electron chi connectivity index (χ2n) is 6.31. The minimum absolute atomic E-state index is 0.225. The molecule has 0 aromatic carbocycles. The Balaban J connectivity index is 2.15. The van der Waals surface area contributed by atoms with Crippen LogP contribution in [0.15, 0.2) is 11.6 Å². The van der Waals surface area contributed by atoms with Gasteiger partial charge in [0.1, 0.15) is 12.2 Å². The lowest BCUT2D eigenvalue weighted by Gasteiger charge is -2.44. The monoisotopic (exact) mass is 333 g/mol. The summed E-state index contributed by atoms with van der Waals surface area (Å²) in [5, 5.41) is 53.0. The molecule has 6 N–H and O–H groups in total. The molecular weight excluding hydrogens is 306 g/mol. The van der Waals surface area contributed by atoms with E-state index in [0.29, 0.717) is 5.57 Å². The second-order valence-corrected chi connectivity index (χ2v) is 6.31. The predicted octanol–water partition coefficient (Wildman–Crippen LogP) is -2.28. The van der Waals surface area contributed by atoms with Crippen LogP contribution in [-0.2, 0) is 9.47 Å². The third kappa shape index (κ3) is 3.59. The van der Waals surface area contributed by atoms with Gasteiger partial charge in [-0.05, 0) is 12.5 Å². The first-order valence-corrected chi connectivity index (χ1v) is 7.79. The number of hydrogen-bond donors (Lipinski definition) is 6. The van der Waals surface area contributed by atoms with Crippen molar-refractivity contribution >= 4 is 0 Å². The number of methoxy groups -OCH3 is 1. The van der Waals surface area contributed by atoms with Gasteiger partial charge < -0.3 is 40.3 Å². The van der Waals surface area contributed by atoms with Crippen LogP contribution in [0.5, 0.6) is 0 Å². The Bertz CT molecular complexity index is 432. The molecule has 1 heterocycles. The number of rotatable bonds is 4. The van der Waals surface area contributed by atoms with Crippen molar-refractivity contribution < 1.29 is 35.0 Å². The van der Waals surface area contributed by atoms with Gasteiger partial charge in [-0.3, -0.25) is 0 Å². The van der Waals surface area contributed by atoms with Gasteiger partial charge >= 0.3 is 0 Å². The molecule has 5 unspecified atom stereocenters. The molecule has 0 amide bonds. The van der Waals surface area contributed by atoms with Crippen LogP contribution in [0.2, 0.25) is 0 Å². The Kier molecular flexibility index (Phi) is 6.15. The molecule has 0 spiro atoms. The van der Waals surface area contributed by atoms with Gasteiger partial charge in [0, 0.05) is 13.0 Å². The van der Waals surface area contributed by atoms with E-state index in [1.54, 1.807) is 19.9 Å². The van der Waals surface area contributed by atoms with E-state index in [4.69, 9.17) is 9.47 Å². The SMILES string of the molecule is COC1O[C@H](C)C(N[C@@H]2C=C(CO)C(C)[C@@H](O)C2O)[C@H](O)C1O. The summed E-state index contributed by atoms with van der Waals surface area (Å²) in [5.41, 5.74) is 0.606. The van der Waals surface area contributed by atoms with Crippen molar-refractivity contribution in [1.82, 2.24) is 5.32 Å². The summed E-state index contributed by atoms with van der Waals surface area (Å²) >= 11 is 0. The normalized spacial score (nSPS) is 48.2. The molecule has 1 aliphatic heterocycles. The van der Waals surface area contributed by atoms with Crippen LogP contribution in [-0.4, -0.2) is 88.1 Å². The molecule has 1 saturated heterocycles. The van der Waals surface area contributed by atoms with Gasteiger partial charge in [-0.15, -0.1) is 0 Å². The Hall–Kier alpha value is -0.580. The highest BCUT2D eigenvalue weighted by Crippen LogP contribution is 2.28. The highest BCUT2D eigenvalue weighted by atomic mass is 16.7. The van der Waals surface area contributed by atoms with Crippen LogP contribution >= 0.6 is 0 Å². The van der Waals surface area contributed by atoms with Gasteiger partial charge in [-0.2, -0.15) is 0 Å². The molecule has 1 fully saturated rings. The number of aliphatic hydroxyl groups is 5. The summed E-state index contributed by atoms with van der Waals surface area (Å²) in [6.45, 7) is 3.21. The van der Waals surface area contributed by atoms with E-state index in [9.17, 15) is 25.5 Å². The molecule has 134 valence electrons. The standard InChI is InChI=1S/C15H27NO7/c1-6-8(5-17)4-9(12(19)11(6)18)16-10-7(2)23-15(22-3)14(21)13(10)20/h4,6-7,9-21H,5H2,1-3H3/t6?,7-,9-,10?,11-,12?,13+,14?,15?/m1/s1. The maximum absolute atomic E-state index is 10.3. The Labute approximate surface area is 135 Å². The van der Waals surface area contributed by atoms with Crippen molar-refractivity contribution in [3.05, 3.63) is 11.6 Å². The lowest BCUT2D eigenvalue weighted by atomic mass is 9.81. The van der Waals surface area contributed by atoms with Crippen LogP contribution in [0.3, 0.4) is 0 Å². The molecular formula is C15H27NO7. The zero-order valence-corrected chi connectivity index (χ0v) is 13.5. The maximum Gasteiger partial charge on any atom is 0.186 e. The van der Waals surface area contributed by atoms with Crippen molar-refractivity contribution in [3.8, 4) is 0 Å². The van der Waals surface area contributed by atoms with Crippen LogP contribution in [0.4, 0.5) is 0 Å². The quantitative estimate of drug-likeness (QED) is 0.317. The lowest BCUT2D eigenvalue weighted by Crippen LogP contribution is -2.66. The molecule has 8 heteroatoms. The smallest absolute Gasteiger partial charge is 0.186 e.